The molecule has 6 nitrogen and oxygen atoms in total. The summed E-state index contributed by atoms with van der Waals surface area (Å²) in [7, 11) is -3.56. The summed E-state index contributed by atoms with van der Waals surface area (Å²) in [6.45, 7) is 5.66. The van der Waals surface area contributed by atoms with Crippen molar-refractivity contribution >= 4 is 16.1 Å². The Bertz CT molecular complexity index is 1210. The molecular formula is C26H32F2N2O4S. The van der Waals surface area contributed by atoms with Gasteiger partial charge in [0.05, 0.1) is 12.3 Å². The fourth-order valence-electron chi connectivity index (χ4n) is 5.01. The van der Waals surface area contributed by atoms with Crippen molar-refractivity contribution in [1.29, 1.82) is 0 Å². The molecule has 2 aromatic carbocycles. The standard InChI is InChI=1S/C26H32F2N2O4S/c1-25(2,3)34-24(31)30-16-26(12-13-26)23(29-35(4,32)33)21(30)11-10-18-14-19(27)15-20(22(18)28)17-8-6-5-7-9-17/h5-9,14-15,21,23,29H,10-13,16H2,1-4H3/t21-,23+/m0/s1. The number of likely N-dealkylation sites (tertiary alicyclic amines) is 1. The van der Waals surface area contributed by atoms with E-state index in [4.69, 9.17) is 4.74 Å². The van der Waals surface area contributed by atoms with Crippen LogP contribution in [0.25, 0.3) is 11.1 Å². The minimum Gasteiger partial charge on any atom is -0.444 e. The van der Waals surface area contributed by atoms with Gasteiger partial charge in [0.1, 0.15) is 17.2 Å². The summed E-state index contributed by atoms with van der Waals surface area (Å²) in [5.74, 6) is -1.08. The molecule has 1 saturated carbocycles. The largest absolute Gasteiger partial charge is 0.444 e. The molecule has 1 aliphatic heterocycles. The topological polar surface area (TPSA) is 75.7 Å². The zero-order chi connectivity index (χ0) is 25.6. The van der Waals surface area contributed by atoms with Crippen molar-refractivity contribution in [2.75, 3.05) is 12.8 Å². The highest BCUT2D eigenvalue weighted by molar-refractivity contribution is 7.88. The van der Waals surface area contributed by atoms with E-state index >= 15 is 4.39 Å². The first kappa shape index (κ1) is 25.6. The van der Waals surface area contributed by atoms with Crippen molar-refractivity contribution < 1.29 is 26.7 Å². The Balaban J connectivity index is 1.64. The molecule has 4 rings (SSSR count). The van der Waals surface area contributed by atoms with Gasteiger partial charge in [-0.05, 0) is 69.7 Å². The molecule has 35 heavy (non-hydrogen) atoms. The van der Waals surface area contributed by atoms with Crippen molar-refractivity contribution in [2.45, 2.75) is 64.1 Å². The number of amides is 1. The van der Waals surface area contributed by atoms with Crippen LogP contribution in [0.15, 0.2) is 42.5 Å². The van der Waals surface area contributed by atoms with Gasteiger partial charge in [0, 0.05) is 23.6 Å². The zero-order valence-electron chi connectivity index (χ0n) is 20.5. The SMILES string of the molecule is CC(C)(C)OC(=O)N1CC2(CC2)[C@H](NS(C)(=O)=O)[C@@H]1CCc1cc(F)cc(-c2ccccc2)c1F. The van der Waals surface area contributed by atoms with Gasteiger partial charge < -0.3 is 9.64 Å². The Morgan fingerprint density at radius 3 is 2.40 bits per heavy atom. The Labute approximate surface area is 205 Å². The molecule has 9 heteroatoms. The number of nitrogens with one attached hydrogen (secondary N) is 1. The quantitative estimate of drug-likeness (QED) is 0.606. The van der Waals surface area contributed by atoms with Crippen LogP contribution in [0.5, 0.6) is 0 Å². The molecule has 2 atom stereocenters. The van der Waals surface area contributed by atoms with E-state index in [2.05, 4.69) is 4.72 Å². The maximum Gasteiger partial charge on any atom is 0.410 e. The summed E-state index contributed by atoms with van der Waals surface area (Å²) >= 11 is 0. The lowest BCUT2D eigenvalue weighted by Crippen LogP contribution is -2.49. The van der Waals surface area contributed by atoms with Crippen molar-refractivity contribution in [3.05, 3.63) is 59.7 Å². The minimum absolute atomic E-state index is 0.130. The summed E-state index contributed by atoms with van der Waals surface area (Å²) in [6, 6.07) is 10.0. The molecule has 2 fully saturated rings. The average molecular weight is 507 g/mol. The second-order valence-electron chi connectivity index (χ2n) is 10.7. The molecule has 0 radical (unpaired) electrons. The number of carbonyl (C=O) groups is 1. The van der Waals surface area contributed by atoms with E-state index in [0.717, 1.165) is 19.1 Å². The van der Waals surface area contributed by atoms with Gasteiger partial charge in [-0.25, -0.2) is 26.7 Å². The van der Waals surface area contributed by atoms with Crippen LogP contribution >= 0.6 is 0 Å². The average Bonchev–Trinajstić information content (AvgIpc) is 3.47. The molecule has 1 amide bonds. The second-order valence-corrected chi connectivity index (χ2v) is 12.5. The van der Waals surface area contributed by atoms with E-state index in [1.807, 2.05) is 0 Å². The summed E-state index contributed by atoms with van der Waals surface area (Å²) in [5, 5.41) is 0. The van der Waals surface area contributed by atoms with Crippen LogP contribution in [0.1, 0.15) is 45.6 Å². The van der Waals surface area contributed by atoms with Gasteiger partial charge in [0.15, 0.2) is 0 Å². The number of ether oxygens (including phenoxy) is 1. The van der Waals surface area contributed by atoms with Crippen molar-refractivity contribution in [2.24, 2.45) is 5.41 Å². The van der Waals surface area contributed by atoms with Gasteiger partial charge in [-0.15, -0.1) is 0 Å². The molecule has 1 N–H and O–H groups in total. The van der Waals surface area contributed by atoms with Gasteiger partial charge in [-0.3, -0.25) is 0 Å². The highest BCUT2D eigenvalue weighted by atomic mass is 32.2. The van der Waals surface area contributed by atoms with E-state index in [9.17, 15) is 17.6 Å². The van der Waals surface area contributed by atoms with E-state index < -0.39 is 45.4 Å². The fraction of sp³-hybridized carbons (Fsp3) is 0.500. The van der Waals surface area contributed by atoms with Gasteiger partial charge in [-0.2, -0.15) is 0 Å². The van der Waals surface area contributed by atoms with Crippen LogP contribution in [-0.2, 0) is 21.2 Å². The number of aryl methyl sites for hydroxylation is 1. The van der Waals surface area contributed by atoms with Gasteiger partial charge in [0.25, 0.3) is 0 Å². The summed E-state index contributed by atoms with van der Waals surface area (Å²) in [6.07, 6.45) is 2.50. The molecule has 1 aliphatic carbocycles. The van der Waals surface area contributed by atoms with Crippen molar-refractivity contribution in [3.63, 3.8) is 0 Å². The van der Waals surface area contributed by atoms with Gasteiger partial charge in [0.2, 0.25) is 10.0 Å². The molecular weight excluding hydrogens is 474 g/mol. The molecule has 1 heterocycles. The first-order valence-corrected chi connectivity index (χ1v) is 13.7. The maximum atomic E-state index is 15.4. The van der Waals surface area contributed by atoms with Crippen LogP contribution in [0.2, 0.25) is 0 Å². The third-order valence-electron chi connectivity index (χ3n) is 6.70. The number of carbonyl (C=O) groups excluding carboxylic acids is 1. The van der Waals surface area contributed by atoms with Crippen LogP contribution in [0.4, 0.5) is 13.6 Å². The van der Waals surface area contributed by atoms with Crippen LogP contribution in [0, 0.1) is 17.0 Å². The van der Waals surface area contributed by atoms with E-state index in [1.54, 1.807) is 56.0 Å². The maximum absolute atomic E-state index is 15.4. The predicted octanol–water partition coefficient (Wildman–Crippen LogP) is 4.88. The number of hydrogen-bond acceptors (Lipinski definition) is 4. The highest BCUT2D eigenvalue weighted by Crippen LogP contribution is 2.56. The smallest absolute Gasteiger partial charge is 0.410 e. The Kier molecular flexibility index (Phi) is 6.70. The third-order valence-corrected chi connectivity index (χ3v) is 7.38. The molecule has 0 unspecified atom stereocenters. The van der Waals surface area contributed by atoms with E-state index in [1.165, 1.54) is 12.1 Å². The summed E-state index contributed by atoms with van der Waals surface area (Å²) < 4.78 is 62.6. The molecule has 2 aliphatic rings. The van der Waals surface area contributed by atoms with Crippen molar-refractivity contribution in [1.82, 2.24) is 9.62 Å². The molecule has 2 aromatic rings. The molecule has 1 saturated heterocycles. The normalized spacial score (nSPS) is 21.4. The van der Waals surface area contributed by atoms with E-state index in [0.29, 0.717) is 12.1 Å². The molecule has 190 valence electrons. The van der Waals surface area contributed by atoms with E-state index in [-0.39, 0.29) is 29.4 Å². The monoisotopic (exact) mass is 506 g/mol. The van der Waals surface area contributed by atoms with Crippen LogP contribution in [-0.4, -0.2) is 49.9 Å². The molecule has 0 aromatic heterocycles. The number of halogens is 2. The van der Waals surface area contributed by atoms with Crippen LogP contribution < -0.4 is 4.72 Å². The zero-order valence-corrected chi connectivity index (χ0v) is 21.3. The minimum atomic E-state index is -3.56. The lowest BCUT2D eigenvalue weighted by molar-refractivity contribution is 0.0207. The number of benzene rings is 2. The Hall–Kier alpha value is -2.52. The molecule has 0 bridgehead atoms. The number of sulfonamides is 1. The van der Waals surface area contributed by atoms with Crippen molar-refractivity contribution in [3.8, 4) is 11.1 Å². The lowest BCUT2D eigenvalue weighted by atomic mass is 9.92. The van der Waals surface area contributed by atoms with Crippen LogP contribution in [0.3, 0.4) is 0 Å². The lowest BCUT2D eigenvalue weighted by Gasteiger charge is -2.31. The summed E-state index contributed by atoms with van der Waals surface area (Å²) in [4.78, 5) is 14.6. The highest BCUT2D eigenvalue weighted by Gasteiger charge is 2.61. The Morgan fingerprint density at radius 2 is 1.83 bits per heavy atom. The Morgan fingerprint density at radius 1 is 1.17 bits per heavy atom. The third kappa shape index (κ3) is 5.83. The number of hydrogen-bond donors (Lipinski definition) is 1. The first-order chi connectivity index (χ1) is 16.3. The number of nitrogens with zero attached hydrogens (tertiary/aromatic N) is 1. The second kappa shape index (κ2) is 9.17. The molecule has 1 spiro atoms. The van der Waals surface area contributed by atoms with Gasteiger partial charge in [-0.1, -0.05) is 30.3 Å². The predicted molar refractivity (Wildman–Crippen MR) is 130 cm³/mol. The fourth-order valence-corrected chi connectivity index (χ4v) is 5.88. The first-order valence-electron chi connectivity index (χ1n) is 11.8. The van der Waals surface area contributed by atoms with Gasteiger partial charge >= 0.3 is 6.09 Å². The summed E-state index contributed by atoms with van der Waals surface area (Å²) in [5.41, 5.74) is -0.167. The number of rotatable bonds is 6.